The fourth-order valence-corrected chi connectivity index (χ4v) is 3.98. The Kier molecular flexibility index (Phi) is 5.21. The summed E-state index contributed by atoms with van der Waals surface area (Å²) in [5.41, 5.74) is 4.91. The van der Waals surface area contributed by atoms with Crippen LogP contribution < -0.4 is 16.7 Å². The van der Waals surface area contributed by atoms with Gasteiger partial charge in [-0.3, -0.25) is 18.9 Å². The van der Waals surface area contributed by atoms with E-state index in [1.165, 1.54) is 4.57 Å². The van der Waals surface area contributed by atoms with Gasteiger partial charge in [-0.15, -0.1) is 0 Å². The second kappa shape index (κ2) is 8.36. The van der Waals surface area contributed by atoms with Gasteiger partial charge in [0.15, 0.2) is 11.2 Å². The normalized spacial score (nSPS) is 11.9. The van der Waals surface area contributed by atoms with E-state index in [-0.39, 0.29) is 16.9 Å². The Morgan fingerprint density at radius 1 is 1.06 bits per heavy atom. The molecule has 170 valence electrons. The number of hydrogen-bond donors (Lipinski definition) is 3. The number of anilines is 1. The lowest BCUT2D eigenvalue weighted by molar-refractivity contribution is 0.475. The summed E-state index contributed by atoms with van der Waals surface area (Å²) in [5.74, 6) is 0.495. The van der Waals surface area contributed by atoms with Crippen LogP contribution in [0.4, 0.5) is 5.95 Å². The first kappa shape index (κ1) is 21.2. The van der Waals surface area contributed by atoms with Crippen LogP contribution in [0, 0.1) is 0 Å². The molecule has 0 spiro atoms. The van der Waals surface area contributed by atoms with Gasteiger partial charge in [0, 0.05) is 7.05 Å². The molecule has 0 saturated heterocycles. The third-order valence-corrected chi connectivity index (χ3v) is 5.82. The Bertz CT molecular complexity index is 1670. The number of phenolic OH excluding ortho intramolecular Hbond substituents is 1. The van der Waals surface area contributed by atoms with Crippen molar-refractivity contribution in [3.8, 4) is 5.75 Å². The average Bonchev–Trinajstić information content (AvgIpc) is 3.20. The third-order valence-electron chi connectivity index (χ3n) is 5.82. The van der Waals surface area contributed by atoms with Crippen molar-refractivity contribution in [1.29, 1.82) is 0 Å². The van der Waals surface area contributed by atoms with Gasteiger partial charge in [0.1, 0.15) is 5.75 Å². The van der Waals surface area contributed by atoms with Crippen LogP contribution >= 0.6 is 0 Å². The van der Waals surface area contributed by atoms with Gasteiger partial charge in [-0.1, -0.05) is 42.5 Å². The molecule has 0 aliphatic carbocycles. The van der Waals surface area contributed by atoms with Crippen molar-refractivity contribution in [1.82, 2.24) is 19.1 Å². The first-order chi connectivity index (χ1) is 16.4. The Balaban J connectivity index is 1.65. The first-order valence-electron chi connectivity index (χ1n) is 10.7. The highest BCUT2D eigenvalue weighted by Crippen LogP contribution is 2.23. The number of phenols is 1. The van der Waals surface area contributed by atoms with Crippen molar-refractivity contribution >= 4 is 33.6 Å². The summed E-state index contributed by atoms with van der Waals surface area (Å²) in [6.45, 7) is 2.16. The molecule has 3 N–H and O–H groups in total. The molecule has 34 heavy (non-hydrogen) atoms. The van der Waals surface area contributed by atoms with E-state index in [0.29, 0.717) is 18.2 Å². The number of aromatic nitrogens is 4. The lowest BCUT2D eigenvalue weighted by Gasteiger charge is -2.11. The minimum Gasteiger partial charge on any atom is -0.508 e. The largest absolute Gasteiger partial charge is 0.508 e. The quantitative estimate of drug-likeness (QED) is 0.279. The maximum absolute atomic E-state index is 12.8. The smallest absolute Gasteiger partial charge is 0.329 e. The van der Waals surface area contributed by atoms with Crippen LogP contribution in [0.3, 0.4) is 0 Å². The van der Waals surface area contributed by atoms with Gasteiger partial charge in [-0.05, 0) is 53.1 Å². The molecular weight excluding hydrogens is 432 g/mol. The van der Waals surface area contributed by atoms with Crippen molar-refractivity contribution in [3.05, 3.63) is 98.7 Å². The van der Waals surface area contributed by atoms with E-state index in [0.717, 1.165) is 21.9 Å². The summed E-state index contributed by atoms with van der Waals surface area (Å²) >= 11 is 0. The van der Waals surface area contributed by atoms with Crippen molar-refractivity contribution in [2.24, 2.45) is 12.1 Å². The standard InChI is InChI=1S/C25H22N6O3/c1-15(16-10-12-19(32)13-11-16)28-29-24-26-22-21(23(33)27-25(34)30(22)2)31(24)14-18-8-5-7-17-6-3-4-9-20(17)18/h3-13,32H,14H2,1-2H3,(H,26,29)(H,27,33,34)/b28-15+. The predicted octanol–water partition coefficient (Wildman–Crippen LogP) is 3.17. The summed E-state index contributed by atoms with van der Waals surface area (Å²) in [5, 5.41) is 16.1. The number of nitrogens with zero attached hydrogens (tertiary/aromatic N) is 4. The molecule has 0 bridgehead atoms. The molecule has 0 aliphatic rings. The number of aromatic hydroxyl groups is 1. The van der Waals surface area contributed by atoms with E-state index in [1.54, 1.807) is 35.9 Å². The molecule has 9 nitrogen and oxygen atoms in total. The zero-order chi connectivity index (χ0) is 23.8. The van der Waals surface area contributed by atoms with Crippen LogP contribution in [-0.2, 0) is 13.6 Å². The molecule has 0 aliphatic heterocycles. The molecule has 2 aromatic heterocycles. The number of rotatable bonds is 5. The van der Waals surface area contributed by atoms with Crippen molar-refractivity contribution in [2.75, 3.05) is 5.43 Å². The summed E-state index contributed by atoms with van der Waals surface area (Å²) in [4.78, 5) is 31.9. The fraction of sp³-hybridized carbons (Fsp3) is 0.120. The predicted molar refractivity (Wildman–Crippen MR) is 133 cm³/mol. The van der Waals surface area contributed by atoms with E-state index < -0.39 is 11.2 Å². The van der Waals surface area contributed by atoms with Gasteiger partial charge < -0.3 is 5.11 Å². The van der Waals surface area contributed by atoms with Gasteiger partial charge in [0.05, 0.1) is 12.3 Å². The SMILES string of the molecule is C/C(=N\Nc1nc2c(c(=O)[nH]c(=O)n2C)n1Cc1cccc2ccccc12)c1ccc(O)cc1. The summed E-state index contributed by atoms with van der Waals surface area (Å²) in [6, 6.07) is 20.7. The number of nitrogens with one attached hydrogen (secondary N) is 2. The molecule has 0 fully saturated rings. The lowest BCUT2D eigenvalue weighted by atomic mass is 10.0. The molecular formula is C25H22N6O3. The van der Waals surface area contributed by atoms with E-state index >= 15 is 0 Å². The number of aryl methyl sites for hydroxylation is 1. The fourth-order valence-electron chi connectivity index (χ4n) is 3.98. The average molecular weight is 454 g/mol. The molecule has 2 heterocycles. The first-order valence-corrected chi connectivity index (χ1v) is 10.7. The number of hydrogen-bond acceptors (Lipinski definition) is 6. The Labute approximate surface area is 193 Å². The number of aromatic amines is 1. The zero-order valence-corrected chi connectivity index (χ0v) is 18.6. The van der Waals surface area contributed by atoms with Crippen LogP contribution in [-0.4, -0.2) is 29.9 Å². The van der Waals surface area contributed by atoms with E-state index in [1.807, 2.05) is 49.4 Å². The molecule has 0 amide bonds. The second-order valence-electron chi connectivity index (χ2n) is 8.01. The molecule has 5 aromatic rings. The summed E-state index contributed by atoms with van der Waals surface area (Å²) in [7, 11) is 1.56. The molecule has 5 rings (SSSR count). The van der Waals surface area contributed by atoms with Gasteiger partial charge in [-0.25, -0.2) is 10.2 Å². The van der Waals surface area contributed by atoms with Gasteiger partial charge in [0.2, 0.25) is 5.95 Å². The Hall–Kier alpha value is -4.66. The number of benzene rings is 3. The van der Waals surface area contributed by atoms with Crippen LogP contribution in [0.25, 0.3) is 21.9 Å². The number of hydrazone groups is 1. The summed E-state index contributed by atoms with van der Waals surface area (Å²) in [6.07, 6.45) is 0. The lowest BCUT2D eigenvalue weighted by Crippen LogP contribution is -2.29. The van der Waals surface area contributed by atoms with E-state index in [2.05, 4.69) is 20.5 Å². The Morgan fingerprint density at radius 2 is 1.79 bits per heavy atom. The Morgan fingerprint density at radius 3 is 2.59 bits per heavy atom. The molecule has 9 heteroatoms. The topological polar surface area (TPSA) is 117 Å². The van der Waals surface area contributed by atoms with Crippen LogP contribution in [0.1, 0.15) is 18.1 Å². The van der Waals surface area contributed by atoms with Crippen molar-refractivity contribution in [2.45, 2.75) is 13.5 Å². The highest BCUT2D eigenvalue weighted by molar-refractivity contribution is 5.99. The maximum Gasteiger partial charge on any atom is 0.329 e. The molecule has 0 radical (unpaired) electrons. The molecule has 0 saturated carbocycles. The van der Waals surface area contributed by atoms with E-state index in [4.69, 9.17) is 0 Å². The highest BCUT2D eigenvalue weighted by Gasteiger charge is 2.18. The molecule has 0 unspecified atom stereocenters. The highest BCUT2D eigenvalue weighted by atomic mass is 16.3. The van der Waals surface area contributed by atoms with E-state index in [9.17, 15) is 14.7 Å². The van der Waals surface area contributed by atoms with Crippen molar-refractivity contribution < 1.29 is 5.11 Å². The van der Waals surface area contributed by atoms with Crippen LogP contribution in [0.15, 0.2) is 81.4 Å². The minimum atomic E-state index is -0.539. The van der Waals surface area contributed by atoms with Crippen molar-refractivity contribution in [3.63, 3.8) is 0 Å². The second-order valence-corrected chi connectivity index (χ2v) is 8.01. The maximum atomic E-state index is 12.8. The van der Waals surface area contributed by atoms with Gasteiger partial charge >= 0.3 is 5.69 Å². The zero-order valence-electron chi connectivity index (χ0n) is 18.6. The summed E-state index contributed by atoms with van der Waals surface area (Å²) < 4.78 is 3.03. The number of H-pyrrole nitrogens is 1. The minimum absolute atomic E-state index is 0.168. The van der Waals surface area contributed by atoms with Crippen LogP contribution in [0.5, 0.6) is 5.75 Å². The number of imidazole rings is 1. The third kappa shape index (κ3) is 3.73. The number of fused-ring (bicyclic) bond motifs is 2. The van der Waals surface area contributed by atoms with Crippen LogP contribution in [0.2, 0.25) is 0 Å². The monoisotopic (exact) mass is 454 g/mol. The van der Waals surface area contributed by atoms with Gasteiger partial charge in [0.25, 0.3) is 5.56 Å². The molecule has 3 aromatic carbocycles. The van der Waals surface area contributed by atoms with Gasteiger partial charge in [-0.2, -0.15) is 10.1 Å². The molecule has 0 atom stereocenters.